The van der Waals surface area contributed by atoms with E-state index in [4.69, 9.17) is 16.3 Å². The monoisotopic (exact) mass is 424 g/mol. The number of carbonyl (C=O) groups excluding carboxylic acids is 1. The molecule has 0 radical (unpaired) electrons. The molecule has 1 aliphatic heterocycles. The van der Waals surface area contributed by atoms with Crippen LogP contribution >= 0.6 is 11.6 Å². The van der Waals surface area contributed by atoms with Gasteiger partial charge in [0.05, 0.1) is 6.61 Å². The highest BCUT2D eigenvalue weighted by molar-refractivity contribution is 6.31. The summed E-state index contributed by atoms with van der Waals surface area (Å²) in [5, 5.41) is 1.91. The number of aromatic amines is 1. The van der Waals surface area contributed by atoms with Crippen molar-refractivity contribution in [1.82, 2.24) is 9.88 Å². The summed E-state index contributed by atoms with van der Waals surface area (Å²) < 4.78 is 5.93. The Kier molecular flexibility index (Phi) is 6.33. The van der Waals surface area contributed by atoms with Crippen LogP contribution < -0.4 is 4.74 Å². The largest absolute Gasteiger partial charge is 0.493 e. The Hall–Kier alpha value is -2.46. The van der Waals surface area contributed by atoms with Gasteiger partial charge in [-0.3, -0.25) is 4.79 Å². The van der Waals surface area contributed by atoms with Crippen molar-refractivity contribution in [2.45, 2.75) is 45.4 Å². The molecular weight excluding hydrogens is 396 g/mol. The van der Waals surface area contributed by atoms with Crippen LogP contribution in [0.3, 0.4) is 0 Å². The Labute approximate surface area is 183 Å². The summed E-state index contributed by atoms with van der Waals surface area (Å²) >= 11 is 6.10. The van der Waals surface area contributed by atoms with Gasteiger partial charge in [0.25, 0.3) is 0 Å². The van der Waals surface area contributed by atoms with Gasteiger partial charge in [-0.05, 0) is 68.5 Å². The highest BCUT2D eigenvalue weighted by atomic mass is 35.5. The van der Waals surface area contributed by atoms with Crippen LogP contribution in [0.4, 0.5) is 0 Å². The maximum Gasteiger partial charge on any atom is 0.222 e. The fourth-order valence-corrected chi connectivity index (χ4v) is 4.55. The summed E-state index contributed by atoms with van der Waals surface area (Å²) in [6.45, 7) is 6.32. The van der Waals surface area contributed by atoms with Crippen LogP contribution in [0.2, 0.25) is 5.02 Å². The van der Waals surface area contributed by atoms with E-state index in [-0.39, 0.29) is 5.91 Å². The van der Waals surface area contributed by atoms with E-state index in [1.165, 1.54) is 5.69 Å². The normalized spacial score (nSPS) is 15.0. The minimum Gasteiger partial charge on any atom is -0.493 e. The number of nitrogens with zero attached hydrogens (tertiary/aromatic N) is 1. The summed E-state index contributed by atoms with van der Waals surface area (Å²) in [5.41, 5.74) is 4.66. The van der Waals surface area contributed by atoms with Gasteiger partial charge in [0, 0.05) is 47.0 Å². The Morgan fingerprint density at radius 1 is 1.13 bits per heavy atom. The molecule has 1 fully saturated rings. The van der Waals surface area contributed by atoms with Gasteiger partial charge in [0.2, 0.25) is 5.91 Å². The smallest absolute Gasteiger partial charge is 0.222 e. The number of amides is 1. The minimum absolute atomic E-state index is 0.238. The molecule has 0 spiro atoms. The number of piperidine rings is 1. The number of benzene rings is 2. The fraction of sp³-hybridized carbons (Fsp3) is 0.400. The Bertz CT molecular complexity index is 1010. The van der Waals surface area contributed by atoms with Gasteiger partial charge in [-0.1, -0.05) is 29.8 Å². The number of rotatable bonds is 6. The number of hydrogen-bond acceptors (Lipinski definition) is 2. The van der Waals surface area contributed by atoms with E-state index in [0.29, 0.717) is 18.9 Å². The zero-order chi connectivity index (χ0) is 21.1. The first-order valence-corrected chi connectivity index (χ1v) is 11.1. The second-order valence-electron chi connectivity index (χ2n) is 8.28. The fourth-order valence-electron chi connectivity index (χ4n) is 4.37. The van der Waals surface area contributed by atoms with E-state index >= 15 is 0 Å². The van der Waals surface area contributed by atoms with Crippen LogP contribution in [-0.2, 0) is 4.79 Å². The molecule has 2 heterocycles. The lowest BCUT2D eigenvalue weighted by Crippen LogP contribution is -2.38. The number of carbonyl (C=O) groups is 1. The van der Waals surface area contributed by atoms with E-state index in [0.717, 1.165) is 65.2 Å². The van der Waals surface area contributed by atoms with Crippen molar-refractivity contribution in [2.24, 2.45) is 0 Å². The van der Waals surface area contributed by atoms with Crippen LogP contribution in [0.1, 0.15) is 48.4 Å². The van der Waals surface area contributed by atoms with Crippen molar-refractivity contribution in [1.29, 1.82) is 0 Å². The zero-order valence-electron chi connectivity index (χ0n) is 17.7. The molecular formula is C25H29ClN2O2. The second-order valence-corrected chi connectivity index (χ2v) is 8.72. The number of fused-ring (bicyclic) bond motifs is 1. The first-order chi connectivity index (χ1) is 14.5. The molecule has 4 rings (SSSR count). The topological polar surface area (TPSA) is 45.3 Å². The van der Waals surface area contributed by atoms with E-state index in [2.05, 4.69) is 37.0 Å². The molecule has 158 valence electrons. The van der Waals surface area contributed by atoms with Gasteiger partial charge >= 0.3 is 0 Å². The number of H-pyrrole nitrogens is 1. The van der Waals surface area contributed by atoms with Crippen LogP contribution in [-0.4, -0.2) is 35.5 Å². The highest BCUT2D eigenvalue weighted by Gasteiger charge is 2.24. The molecule has 1 aliphatic rings. The lowest BCUT2D eigenvalue weighted by molar-refractivity contribution is -0.132. The second kappa shape index (κ2) is 9.13. The van der Waals surface area contributed by atoms with Crippen molar-refractivity contribution in [3.05, 3.63) is 64.3 Å². The summed E-state index contributed by atoms with van der Waals surface area (Å²) in [4.78, 5) is 18.1. The van der Waals surface area contributed by atoms with Crippen molar-refractivity contribution < 1.29 is 9.53 Å². The average Bonchev–Trinajstić information content (AvgIpc) is 3.16. The van der Waals surface area contributed by atoms with Crippen LogP contribution in [0.5, 0.6) is 5.75 Å². The molecule has 0 saturated carbocycles. The Morgan fingerprint density at radius 2 is 1.87 bits per heavy atom. The molecule has 0 bridgehead atoms. The standard InChI is InChI=1S/C25H29ClN2O2/c1-17-5-3-6-18(2)25(17)30-14-4-7-24(29)28-12-10-19(11-13-28)23-16-20-15-21(26)8-9-22(20)27-23/h3,5-6,8-9,15-16,19,27H,4,7,10-14H2,1-2H3. The van der Waals surface area contributed by atoms with E-state index in [1.807, 2.05) is 29.2 Å². The van der Waals surface area contributed by atoms with E-state index < -0.39 is 0 Å². The third kappa shape index (κ3) is 4.65. The van der Waals surface area contributed by atoms with E-state index in [9.17, 15) is 4.79 Å². The van der Waals surface area contributed by atoms with Gasteiger partial charge in [-0.15, -0.1) is 0 Å². The van der Waals surface area contributed by atoms with Gasteiger partial charge in [-0.25, -0.2) is 0 Å². The first kappa shape index (κ1) is 20.8. The van der Waals surface area contributed by atoms with Crippen LogP contribution in [0.25, 0.3) is 10.9 Å². The van der Waals surface area contributed by atoms with Crippen molar-refractivity contribution >= 4 is 28.4 Å². The summed E-state index contributed by atoms with van der Waals surface area (Å²) in [7, 11) is 0. The Morgan fingerprint density at radius 3 is 2.60 bits per heavy atom. The summed E-state index contributed by atoms with van der Waals surface area (Å²) in [6.07, 6.45) is 3.27. The molecule has 1 saturated heterocycles. The van der Waals surface area contributed by atoms with Crippen LogP contribution in [0.15, 0.2) is 42.5 Å². The molecule has 0 atom stereocenters. The number of ether oxygens (including phenoxy) is 1. The van der Waals surface area contributed by atoms with Crippen molar-refractivity contribution in [3.8, 4) is 5.75 Å². The molecule has 30 heavy (non-hydrogen) atoms. The third-order valence-electron chi connectivity index (χ3n) is 6.08. The van der Waals surface area contributed by atoms with Gasteiger partial charge in [-0.2, -0.15) is 0 Å². The Balaban J connectivity index is 1.24. The SMILES string of the molecule is Cc1cccc(C)c1OCCCC(=O)N1CCC(c2cc3cc(Cl)ccc3[nH]2)CC1. The lowest BCUT2D eigenvalue weighted by atomic mass is 9.93. The quantitative estimate of drug-likeness (QED) is 0.493. The predicted octanol–water partition coefficient (Wildman–Crippen LogP) is 6.00. The number of likely N-dealkylation sites (tertiary alicyclic amines) is 1. The molecule has 3 aromatic rings. The number of para-hydroxylation sites is 1. The van der Waals surface area contributed by atoms with Crippen molar-refractivity contribution in [3.63, 3.8) is 0 Å². The number of aryl methyl sites for hydroxylation is 2. The number of aromatic nitrogens is 1. The van der Waals surface area contributed by atoms with Crippen LogP contribution in [0, 0.1) is 13.8 Å². The molecule has 0 unspecified atom stereocenters. The maximum atomic E-state index is 12.6. The molecule has 2 aromatic carbocycles. The molecule has 1 aromatic heterocycles. The molecule has 5 heteroatoms. The van der Waals surface area contributed by atoms with E-state index in [1.54, 1.807) is 0 Å². The average molecular weight is 425 g/mol. The van der Waals surface area contributed by atoms with Crippen molar-refractivity contribution in [2.75, 3.05) is 19.7 Å². The summed E-state index contributed by atoms with van der Waals surface area (Å²) in [5.74, 6) is 1.65. The maximum absolute atomic E-state index is 12.6. The molecule has 0 aliphatic carbocycles. The van der Waals surface area contributed by atoms with Gasteiger partial charge < -0.3 is 14.6 Å². The molecule has 4 nitrogen and oxygen atoms in total. The molecule has 1 amide bonds. The van der Waals surface area contributed by atoms with Gasteiger partial charge in [0.15, 0.2) is 0 Å². The lowest BCUT2D eigenvalue weighted by Gasteiger charge is -2.31. The van der Waals surface area contributed by atoms with Gasteiger partial charge in [0.1, 0.15) is 5.75 Å². The highest BCUT2D eigenvalue weighted by Crippen LogP contribution is 2.31. The predicted molar refractivity (Wildman–Crippen MR) is 123 cm³/mol. The first-order valence-electron chi connectivity index (χ1n) is 10.8. The number of halogens is 1. The zero-order valence-corrected chi connectivity index (χ0v) is 18.5. The third-order valence-corrected chi connectivity index (χ3v) is 6.32. The summed E-state index contributed by atoms with van der Waals surface area (Å²) in [6, 6.07) is 14.3. The number of hydrogen-bond donors (Lipinski definition) is 1. The minimum atomic E-state index is 0.238. The number of nitrogens with one attached hydrogen (secondary N) is 1. The molecule has 1 N–H and O–H groups in total.